The zero-order chi connectivity index (χ0) is 15.7. The molecule has 22 heavy (non-hydrogen) atoms. The minimum atomic E-state index is 0.315. The van der Waals surface area contributed by atoms with Gasteiger partial charge in [0.2, 0.25) is 0 Å². The summed E-state index contributed by atoms with van der Waals surface area (Å²) >= 11 is 0. The molecule has 0 radical (unpaired) electrons. The Morgan fingerprint density at radius 3 is 2.41 bits per heavy atom. The first-order valence-electron chi connectivity index (χ1n) is 8.62. The number of fused-ring (bicyclic) bond motifs is 1. The van der Waals surface area contributed by atoms with E-state index < -0.39 is 0 Å². The van der Waals surface area contributed by atoms with Crippen molar-refractivity contribution in [2.75, 3.05) is 26.7 Å². The fourth-order valence-corrected chi connectivity index (χ4v) is 3.89. The molecule has 0 aliphatic carbocycles. The number of piperidine rings is 1. The van der Waals surface area contributed by atoms with E-state index in [0.29, 0.717) is 5.54 Å². The van der Waals surface area contributed by atoms with E-state index in [0.717, 1.165) is 24.8 Å². The molecular formula is C19H30N2O. The topological polar surface area (TPSA) is 15.7 Å². The maximum atomic E-state index is 5.35. The van der Waals surface area contributed by atoms with E-state index >= 15 is 0 Å². The van der Waals surface area contributed by atoms with Crippen molar-refractivity contribution in [3.8, 4) is 5.75 Å². The molecule has 0 spiro atoms. The molecule has 0 unspecified atom stereocenters. The molecule has 1 aromatic rings. The summed E-state index contributed by atoms with van der Waals surface area (Å²) in [5.41, 5.74) is 3.28. The highest BCUT2D eigenvalue weighted by atomic mass is 16.5. The molecule has 3 heteroatoms. The quantitative estimate of drug-likeness (QED) is 0.833. The lowest BCUT2D eigenvalue weighted by molar-refractivity contribution is 0.0511. The van der Waals surface area contributed by atoms with Crippen LogP contribution in [0.15, 0.2) is 18.2 Å². The fraction of sp³-hybridized carbons (Fsp3) is 0.684. The van der Waals surface area contributed by atoms with Gasteiger partial charge in [0.05, 0.1) is 7.11 Å². The van der Waals surface area contributed by atoms with Crippen LogP contribution >= 0.6 is 0 Å². The Labute approximate surface area is 135 Å². The van der Waals surface area contributed by atoms with Gasteiger partial charge in [-0.25, -0.2) is 0 Å². The van der Waals surface area contributed by atoms with Crippen molar-refractivity contribution >= 4 is 0 Å². The number of rotatable bonds is 2. The second-order valence-electron chi connectivity index (χ2n) is 7.74. The first-order chi connectivity index (χ1) is 10.5. The van der Waals surface area contributed by atoms with Gasteiger partial charge in [0.1, 0.15) is 5.75 Å². The summed E-state index contributed by atoms with van der Waals surface area (Å²) in [4.78, 5) is 5.33. The van der Waals surface area contributed by atoms with Gasteiger partial charge in [0.25, 0.3) is 0 Å². The standard InChI is InChI=1S/C19H30N2O/c1-19(2,3)21-11-8-17(9-12-21)20-10-7-15-13-18(22-4)6-5-16(15)14-20/h5-6,13,17H,7-12,14H2,1-4H3. The molecule has 1 aromatic carbocycles. The zero-order valence-corrected chi connectivity index (χ0v) is 14.6. The van der Waals surface area contributed by atoms with Crippen LogP contribution in [0, 0.1) is 0 Å². The van der Waals surface area contributed by atoms with Crippen LogP contribution in [-0.2, 0) is 13.0 Å². The van der Waals surface area contributed by atoms with Gasteiger partial charge in [-0.1, -0.05) is 6.07 Å². The van der Waals surface area contributed by atoms with Gasteiger partial charge in [-0.3, -0.25) is 9.80 Å². The van der Waals surface area contributed by atoms with E-state index in [1.807, 2.05) is 0 Å². The van der Waals surface area contributed by atoms with E-state index in [4.69, 9.17) is 4.74 Å². The average Bonchev–Trinajstić information content (AvgIpc) is 2.53. The Morgan fingerprint density at radius 1 is 1.05 bits per heavy atom. The van der Waals surface area contributed by atoms with Gasteiger partial charge in [0.15, 0.2) is 0 Å². The molecule has 2 aliphatic rings. The largest absolute Gasteiger partial charge is 0.497 e. The van der Waals surface area contributed by atoms with E-state index in [2.05, 4.69) is 48.8 Å². The molecule has 0 aromatic heterocycles. The minimum Gasteiger partial charge on any atom is -0.497 e. The van der Waals surface area contributed by atoms with Gasteiger partial charge in [-0.15, -0.1) is 0 Å². The minimum absolute atomic E-state index is 0.315. The Bertz CT molecular complexity index is 513. The molecule has 0 N–H and O–H groups in total. The SMILES string of the molecule is COc1ccc2c(c1)CCN(C1CCN(C(C)(C)C)CC1)C2. The second-order valence-corrected chi connectivity index (χ2v) is 7.74. The third-order valence-electron chi connectivity index (χ3n) is 5.38. The van der Waals surface area contributed by atoms with Crippen LogP contribution in [0.25, 0.3) is 0 Å². The molecular weight excluding hydrogens is 272 g/mol. The summed E-state index contributed by atoms with van der Waals surface area (Å²) < 4.78 is 5.35. The van der Waals surface area contributed by atoms with Gasteiger partial charge in [0, 0.05) is 37.8 Å². The number of benzene rings is 1. The van der Waals surface area contributed by atoms with Crippen LogP contribution in [0.2, 0.25) is 0 Å². The smallest absolute Gasteiger partial charge is 0.119 e. The van der Waals surface area contributed by atoms with Crippen molar-refractivity contribution < 1.29 is 4.74 Å². The van der Waals surface area contributed by atoms with Crippen molar-refractivity contribution in [1.82, 2.24) is 9.80 Å². The first-order valence-corrected chi connectivity index (χ1v) is 8.62. The highest BCUT2D eigenvalue weighted by molar-refractivity contribution is 5.37. The highest BCUT2D eigenvalue weighted by Crippen LogP contribution is 2.29. The Balaban J connectivity index is 1.61. The number of hydrogen-bond acceptors (Lipinski definition) is 3. The maximum absolute atomic E-state index is 5.35. The zero-order valence-electron chi connectivity index (χ0n) is 14.6. The van der Waals surface area contributed by atoms with Crippen LogP contribution in [0.1, 0.15) is 44.7 Å². The lowest BCUT2D eigenvalue weighted by atomic mass is 9.93. The number of likely N-dealkylation sites (tertiary alicyclic amines) is 1. The number of hydrogen-bond donors (Lipinski definition) is 0. The molecule has 2 heterocycles. The first kappa shape index (κ1) is 15.8. The van der Waals surface area contributed by atoms with Crippen LogP contribution < -0.4 is 4.74 Å². The molecule has 1 saturated heterocycles. The van der Waals surface area contributed by atoms with Crippen molar-refractivity contribution in [3.05, 3.63) is 29.3 Å². The number of methoxy groups -OCH3 is 1. The van der Waals surface area contributed by atoms with Crippen LogP contribution in [0.3, 0.4) is 0 Å². The van der Waals surface area contributed by atoms with Crippen molar-refractivity contribution in [2.24, 2.45) is 0 Å². The van der Waals surface area contributed by atoms with E-state index in [1.165, 1.54) is 43.6 Å². The lowest BCUT2D eigenvalue weighted by Crippen LogP contribution is -2.51. The molecule has 122 valence electrons. The van der Waals surface area contributed by atoms with E-state index in [1.54, 1.807) is 7.11 Å². The van der Waals surface area contributed by atoms with E-state index in [9.17, 15) is 0 Å². The predicted molar refractivity (Wildman–Crippen MR) is 91.5 cm³/mol. The van der Waals surface area contributed by atoms with Crippen molar-refractivity contribution in [3.63, 3.8) is 0 Å². The molecule has 0 amide bonds. The summed E-state index contributed by atoms with van der Waals surface area (Å²) in [6.45, 7) is 11.8. The molecule has 1 fully saturated rings. The van der Waals surface area contributed by atoms with Gasteiger partial charge < -0.3 is 4.74 Å². The third-order valence-corrected chi connectivity index (χ3v) is 5.38. The Kier molecular flexibility index (Phi) is 4.47. The Hall–Kier alpha value is -1.06. The predicted octanol–water partition coefficient (Wildman–Crippen LogP) is 3.32. The third kappa shape index (κ3) is 3.31. The summed E-state index contributed by atoms with van der Waals surface area (Å²) in [7, 11) is 1.75. The van der Waals surface area contributed by atoms with Crippen LogP contribution in [0.4, 0.5) is 0 Å². The van der Waals surface area contributed by atoms with E-state index in [-0.39, 0.29) is 0 Å². The van der Waals surface area contributed by atoms with Gasteiger partial charge in [-0.2, -0.15) is 0 Å². The molecule has 3 rings (SSSR count). The number of nitrogens with zero attached hydrogens (tertiary/aromatic N) is 2. The molecule has 2 aliphatic heterocycles. The van der Waals surface area contributed by atoms with Gasteiger partial charge >= 0.3 is 0 Å². The van der Waals surface area contributed by atoms with Crippen LogP contribution in [0.5, 0.6) is 5.75 Å². The normalized spacial score (nSPS) is 21.6. The van der Waals surface area contributed by atoms with Crippen molar-refractivity contribution in [1.29, 1.82) is 0 Å². The summed E-state index contributed by atoms with van der Waals surface area (Å²) in [6.07, 6.45) is 3.78. The average molecular weight is 302 g/mol. The maximum Gasteiger partial charge on any atom is 0.119 e. The Morgan fingerprint density at radius 2 is 1.77 bits per heavy atom. The fourth-order valence-electron chi connectivity index (χ4n) is 3.89. The summed E-state index contributed by atoms with van der Waals surface area (Å²) in [5, 5.41) is 0. The molecule has 0 atom stereocenters. The lowest BCUT2D eigenvalue weighted by Gasteiger charge is -2.45. The number of ether oxygens (including phenoxy) is 1. The monoisotopic (exact) mass is 302 g/mol. The molecule has 0 bridgehead atoms. The van der Waals surface area contributed by atoms with Gasteiger partial charge in [-0.05, 0) is 63.3 Å². The van der Waals surface area contributed by atoms with Crippen molar-refractivity contribution in [2.45, 2.75) is 58.2 Å². The summed E-state index contributed by atoms with van der Waals surface area (Å²) in [5.74, 6) is 0.991. The summed E-state index contributed by atoms with van der Waals surface area (Å²) in [6, 6.07) is 7.33. The second kappa shape index (κ2) is 6.21. The van der Waals surface area contributed by atoms with Crippen LogP contribution in [-0.4, -0.2) is 48.1 Å². The molecule has 3 nitrogen and oxygen atoms in total. The highest BCUT2D eigenvalue weighted by Gasteiger charge is 2.31. The molecule has 0 saturated carbocycles.